The van der Waals surface area contributed by atoms with Crippen molar-refractivity contribution in [2.75, 3.05) is 24.9 Å². The molecule has 0 bridgehead atoms. The zero-order valence-corrected chi connectivity index (χ0v) is 10.2. The number of fused-ring (bicyclic) bond motifs is 3. The normalized spacial score (nSPS) is 11.2. The average Bonchev–Trinajstić information content (AvgIpc) is 2.74. The third kappa shape index (κ3) is 1.76. The van der Waals surface area contributed by atoms with Crippen molar-refractivity contribution in [2.24, 2.45) is 0 Å². The van der Waals surface area contributed by atoms with Crippen molar-refractivity contribution in [1.82, 2.24) is 4.98 Å². The number of rotatable bonds is 3. The summed E-state index contributed by atoms with van der Waals surface area (Å²) in [5, 5.41) is 5.50. The first-order chi connectivity index (χ1) is 8.78. The van der Waals surface area contributed by atoms with Crippen molar-refractivity contribution in [3.8, 4) is 0 Å². The minimum absolute atomic E-state index is 0.496. The molecule has 4 N–H and O–H groups in total. The Morgan fingerprint density at radius 2 is 1.83 bits per heavy atom. The van der Waals surface area contributed by atoms with Crippen LogP contribution in [0.2, 0.25) is 0 Å². The summed E-state index contributed by atoms with van der Waals surface area (Å²) in [5.74, 6) is 0. The van der Waals surface area contributed by atoms with Gasteiger partial charge in [0, 0.05) is 40.3 Å². The monoisotopic (exact) mass is 241 g/mol. The molecule has 92 valence electrons. The van der Waals surface area contributed by atoms with Crippen LogP contribution in [0, 0.1) is 0 Å². The molecule has 18 heavy (non-hydrogen) atoms. The average molecular weight is 241 g/mol. The van der Waals surface area contributed by atoms with E-state index in [1.165, 1.54) is 5.39 Å². The van der Waals surface area contributed by atoms with Crippen LogP contribution in [-0.2, 0) is 4.74 Å². The molecule has 4 heteroatoms. The van der Waals surface area contributed by atoms with Gasteiger partial charge in [0.25, 0.3) is 0 Å². The van der Waals surface area contributed by atoms with E-state index in [1.807, 2.05) is 24.3 Å². The molecule has 0 atom stereocenters. The second-order valence-electron chi connectivity index (χ2n) is 4.30. The molecular weight excluding hydrogens is 226 g/mol. The number of ether oxygens (including phenoxy) is 1. The van der Waals surface area contributed by atoms with Gasteiger partial charge in [0.05, 0.1) is 0 Å². The fourth-order valence-electron chi connectivity index (χ4n) is 2.18. The fourth-order valence-corrected chi connectivity index (χ4v) is 2.18. The predicted molar refractivity (Wildman–Crippen MR) is 75.7 cm³/mol. The summed E-state index contributed by atoms with van der Waals surface area (Å²) in [6.45, 7) is 0.496. The SMILES string of the molecule is COCNc1ccc2[nH]c3ccc(N)cc3c2c1. The van der Waals surface area contributed by atoms with E-state index in [1.54, 1.807) is 7.11 Å². The molecule has 1 aromatic heterocycles. The molecule has 0 amide bonds. The van der Waals surface area contributed by atoms with Gasteiger partial charge in [0.1, 0.15) is 6.73 Å². The third-order valence-corrected chi connectivity index (χ3v) is 3.04. The second-order valence-corrected chi connectivity index (χ2v) is 4.30. The first-order valence-corrected chi connectivity index (χ1v) is 5.82. The van der Waals surface area contributed by atoms with Gasteiger partial charge in [0.2, 0.25) is 0 Å². The van der Waals surface area contributed by atoms with E-state index in [0.29, 0.717) is 6.73 Å². The van der Waals surface area contributed by atoms with Gasteiger partial charge >= 0.3 is 0 Å². The van der Waals surface area contributed by atoms with Crippen molar-refractivity contribution in [1.29, 1.82) is 0 Å². The first-order valence-electron chi connectivity index (χ1n) is 5.82. The highest BCUT2D eigenvalue weighted by Crippen LogP contribution is 2.29. The molecule has 4 nitrogen and oxygen atoms in total. The largest absolute Gasteiger partial charge is 0.399 e. The summed E-state index contributed by atoms with van der Waals surface area (Å²) in [7, 11) is 1.66. The number of methoxy groups -OCH3 is 1. The highest BCUT2D eigenvalue weighted by Gasteiger charge is 2.05. The Balaban J connectivity index is 2.18. The van der Waals surface area contributed by atoms with E-state index in [4.69, 9.17) is 10.5 Å². The Kier molecular flexibility index (Phi) is 2.57. The zero-order chi connectivity index (χ0) is 12.5. The summed E-state index contributed by atoms with van der Waals surface area (Å²) >= 11 is 0. The number of nitrogens with one attached hydrogen (secondary N) is 2. The van der Waals surface area contributed by atoms with Gasteiger partial charge in [-0.15, -0.1) is 0 Å². The Morgan fingerprint density at radius 3 is 2.61 bits per heavy atom. The van der Waals surface area contributed by atoms with Crippen molar-refractivity contribution >= 4 is 33.2 Å². The van der Waals surface area contributed by atoms with Gasteiger partial charge in [-0.2, -0.15) is 0 Å². The van der Waals surface area contributed by atoms with Gasteiger partial charge in [0.15, 0.2) is 0 Å². The summed E-state index contributed by atoms with van der Waals surface area (Å²) in [4.78, 5) is 3.37. The summed E-state index contributed by atoms with van der Waals surface area (Å²) in [5.41, 5.74) is 9.86. The number of benzene rings is 2. The third-order valence-electron chi connectivity index (χ3n) is 3.04. The highest BCUT2D eigenvalue weighted by molar-refractivity contribution is 6.09. The van der Waals surface area contributed by atoms with Crippen LogP contribution >= 0.6 is 0 Å². The fraction of sp³-hybridized carbons (Fsp3) is 0.143. The minimum Gasteiger partial charge on any atom is -0.399 e. The van der Waals surface area contributed by atoms with E-state index >= 15 is 0 Å². The molecule has 0 saturated heterocycles. The van der Waals surface area contributed by atoms with Crippen molar-refractivity contribution < 1.29 is 4.74 Å². The molecule has 3 rings (SSSR count). The number of nitrogens with two attached hydrogens (primary N) is 1. The number of hydrogen-bond donors (Lipinski definition) is 3. The summed E-state index contributed by atoms with van der Waals surface area (Å²) < 4.78 is 5.01. The number of H-pyrrole nitrogens is 1. The van der Waals surface area contributed by atoms with E-state index in [9.17, 15) is 0 Å². The Hall–Kier alpha value is -2.20. The van der Waals surface area contributed by atoms with Crippen LogP contribution in [0.15, 0.2) is 36.4 Å². The van der Waals surface area contributed by atoms with Crippen molar-refractivity contribution in [3.63, 3.8) is 0 Å². The van der Waals surface area contributed by atoms with Gasteiger partial charge in [-0.3, -0.25) is 0 Å². The van der Waals surface area contributed by atoms with E-state index in [2.05, 4.69) is 22.4 Å². The second kappa shape index (κ2) is 4.23. The quantitative estimate of drug-likeness (QED) is 0.488. The molecule has 3 aromatic rings. The van der Waals surface area contributed by atoms with Crippen molar-refractivity contribution in [3.05, 3.63) is 36.4 Å². The highest BCUT2D eigenvalue weighted by atomic mass is 16.5. The standard InChI is InChI=1S/C14H15N3O/c1-18-8-16-10-3-5-14-12(7-10)11-6-9(15)2-4-13(11)17-14/h2-7,16-17H,8,15H2,1H3. The number of nitrogen functional groups attached to an aromatic ring is 1. The predicted octanol–water partition coefficient (Wildman–Crippen LogP) is 2.92. The lowest BCUT2D eigenvalue weighted by atomic mass is 10.1. The van der Waals surface area contributed by atoms with Gasteiger partial charge in [-0.1, -0.05) is 0 Å². The van der Waals surface area contributed by atoms with Crippen LogP contribution in [0.5, 0.6) is 0 Å². The summed E-state index contributed by atoms with van der Waals surface area (Å²) in [6, 6.07) is 12.1. The molecule has 1 heterocycles. The smallest absolute Gasteiger partial charge is 0.116 e. The molecule has 0 unspecified atom stereocenters. The molecule has 0 fully saturated rings. The van der Waals surface area contributed by atoms with Crippen molar-refractivity contribution in [2.45, 2.75) is 0 Å². The topological polar surface area (TPSA) is 63.1 Å². The van der Waals surface area contributed by atoms with Gasteiger partial charge < -0.3 is 20.8 Å². The van der Waals surface area contributed by atoms with Crippen LogP contribution in [0.3, 0.4) is 0 Å². The Labute approximate surface area is 105 Å². The van der Waals surface area contributed by atoms with E-state index < -0.39 is 0 Å². The molecule has 0 aliphatic rings. The lowest BCUT2D eigenvalue weighted by Crippen LogP contribution is -2.02. The lowest BCUT2D eigenvalue weighted by molar-refractivity contribution is 0.221. The van der Waals surface area contributed by atoms with Crippen LogP contribution < -0.4 is 11.1 Å². The van der Waals surface area contributed by atoms with E-state index in [0.717, 1.165) is 27.8 Å². The number of aromatic amines is 1. The van der Waals surface area contributed by atoms with Crippen LogP contribution in [0.4, 0.5) is 11.4 Å². The Morgan fingerprint density at radius 1 is 1.11 bits per heavy atom. The maximum Gasteiger partial charge on any atom is 0.116 e. The molecule has 2 aromatic carbocycles. The molecule has 0 saturated carbocycles. The Bertz CT molecular complexity index is 703. The number of aromatic nitrogens is 1. The van der Waals surface area contributed by atoms with Gasteiger partial charge in [-0.25, -0.2) is 0 Å². The summed E-state index contributed by atoms with van der Waals surface area (Å²) in [6.07, 6.45) is 0. The molecule has 0 spiro atoms. The van der Waals surface area contributed by atoms with Crippen LogP contribution in [0.25, 0.3) is 21.8 Å². The van der Waals surface area contributed by atoms with Gasteiger partial charge in [-0.05, 0) is 36.4 Å². The maximum atomic E-state index is 5.84. The molecule has 0 aliphatic heterocycles. The lowest BCUT2D eigenvalue weighted by Gasteiger charge is -2.04. The molecule has 0 aliphatic carbocycles. The number of hydrogen-bond acceptors (Lipinski definition) is 3. The van der Waals surface area contributed by atoms with Crippen LogP contribution in [-0.4, -0.2) is 18.8 Å². The van der Waals surface area contributed by atoms with Crippen LogP contribution in [0.1, 0.15) is 0 Å². The minimum atomic E-state index is 0.496. The molecular formula is C14H15N3O. The maximum absolute atomic E-state index is 5.84. The first kappa shape index (κ1) is 10.9. The number of anilines is 2. The molecule has 0 radical (unpaired) electrons. The van der Waals surface area contributed by atoms with E-state index in [-0.39, 0.29) is 0 Å². The zero-order valence-electron chi connectivity index (χ0n) is 10.2.